The van der Waals surface area contributed by atoms with Gasteiger partial charge in [0.15, 0.2) is 0 Å². The van der Waals surface area contributed by atoms with E-state index in [0.29, 0.717) is 13.0 Å². The van der Waals surface area contributed by atoms with Gasteiger partial charge in [-0.3, -0.25) is 9.59 Å². The molecule has 18 heavy (non-hydrogen) atoms. The number of esters is 1. The quantitative estimate of drug-likeness (QED) is 0.700. The fourth-order valence-electron chi connectivity index (χ4n) is 1.46. The van der Waals surface area contributed by atoms with Crippen molar-refractivity contribution in [2.75, 3.05) is 13.7 Å². The fraction of sp³-hybridized carbons (Fsp3) is 0.846. The van der Waals surface area contributed by atoms with E-state index in [-0.39, 0.29) is 29.4 Å². The Balaban J connectivity index is 3.91. The molecule has 0 saturated heterocycles. The number of rotatable bonds is 6. The van der Waals surface area contributed by atoms with Crippen LogP contribution in [0, 0.1) is 5.92 Å². The lowest BCUT2D eigenvalue weighted by Gasteiger charge is -2.22. The van der Waals surface area contributed by atoms with Crippen LogP contribution >= 0.6 is 0 Å². The van der Waals surface area contributed by atoms with Gasteiger partial charge in [-0.1, -0.05) is 6.92 Å². The number of carbonyl (C=O) groups excluding carboxylic acids is 2. The summed E-state index contributed by atoms with van der Waals surface area (Å²) in [5, 5.41) is 6.04. The molecule has 5 nitrogen and oxygen atoms in total. The van der Waals surface area contributed by atoms with Crippen LogP contribution in [0.2, 0.25) is 0 Å². The first-order valence-electron chi connectivity index (χ1n) is 6.29. The van der Waals surface area contributed by atoms with Crippen LogP contribution in [-0.2, 0) is 14.3 Å². The van der Waals surface area contributed by atoms with E-state index in [0.717, 1.165) is 0 Å². The minimum absolute atomic E-state index is 0.00733. The Morgan fingerprint density at radius 3 is 2.22 bits per heavy atom. The van der Waals surface area contributed by atoms with Gasteiger partial charge < -0.3 is 15.4 Å². The highest BCUT2D eigenvalue weighted by atomic mass is 16.5. The van der Waals surface area contributed by atoms with Crippen molar-refractivity contribution in [2.24, 2.45) is 5.92 Å². The number of amides is 1. The summed E-state index contributed by atoms with van der Waals surface area (Å²) in [6.07, 6.45) is 0.398. The molecule has 106 valence electrons. The van der Waals surface area contributed by atoms with E-state index in [9.17, 15) is 9.59 Å². The van der Waals surface area contributed by atoms with Crippen LogP contribution in [0.25, 0.3) is 0 Å². The first-order chi connectivity index (χ1) is 8.17. The maximum atomic E-state index is 11.6. The zero-order valence-electron chi connectivity index (χ0n) is 12.3. The molecule has 0 aromatic rings. The molecule has 0 rings (SSSR count). The first kappa shape index (κ1) is 16.9. The van der Waals surface area contributed by atoms with Crippen LogP contribution in [-0.4, -0.2) is 37.1 Å². The highest BCUT2D eigenvalue weighted by Gasteiger charge is 2.20. The molecule has 0 aliphatic heterocycles. The SMILES string of the molecule is COC(=O)C(C)C(C)NCCC(=O)NC(C)(C)C. The third-order valence-electron chi connectivity index (χ3n) is 2.66. The lowest BCUT2D eigenvalue weighted by atomic mass is 10.0. The minimum Gasteiger partial charge on any atom is -0.469 e. The van der Waals surface area contributed by atoms with E-state index in [1.54, 1.807) is 6.92 Å². The maximum absolute atomic E-state index is 11.6. The van der Waals surface area contributed by atoms with Gasteiger partial charge in [-0.2, -0.15) is 0 Å². The second-order valence-corrected chi connectivity index (χ2v) is 5.60. The zero-order chi connectivity index (χ0) is 14.3. The average Bonchev–Trinajstić information content (AvgIpc) is 2.24. The normalized spacial score (nSPS) is 14.8. The number of carbonyl (C=O) groups is 2. The molecular weight excluding hydrogens is 232 g/mol. The van der Waals surface area contributed by atoms with E-state index in [1.807, 2.05) is 27.7 Å². The first-order valence-corrected chi connectivity index (χ1v) is 6.29. The van der Waals surface area contributed by atoms with E-state index in [1.165, 1.54) is 7.11 Å². The van der Waals surface area contributed by atoms with Crippen LogP contribution in [0.3, 0.4) is 0 Å². The number of ether oxygens (including phenoxy) is 1. The van der Waals surface area contributed by atoms with E-state index in [2.05, 4.69) is 15.4 Å². The van der Waals surface area contributed by atoms with Crippen molar-refractivity contribution in [3.8, 4) is 0 Å². The number of methoxy groups -OCH3 is 1. The predicted octanol–water partition coefficient (Wildman–Crippen LogP) is 1.08. The second kappa shape index (κ2) is 7.36. The van der Waals surface area contributed by atoms with E-state index < -0.39 is 0 Å². The third-order valence-corrected chi connectivity index (χ3v) is 2.66. The van der Waals surface area contributed by atoms with Crippen molar-refractivity contribution >= 4 is 11.9 Å². The predicted molar refractivity (Wildman–Crippen MR) is 71.2 cm³/mol. The summed E-state index contributed by atoms with van der Waals surface area (Å²) in [5.41, 5.74) is -0.206. The second-order valence-electron chi connectivity index (χ2n) is 5.60. The molecule has 0 bridgehead atoms. The molecule has 0 spiro atoms. The highest BCUT2D eigenvalue weighted by Crippen LogP contribution is 2.04. The molecule has 0 radical (unpaired) electrons. The molecule has 0 aliphatic carbocycles. The van der Waals surface area contributed by atoms with Gasteiger partial charge in [0, 0.05) is 24.5 Å². The van der Waals surface area contributed by atoms with Gasteiger partial charge >= 0.3 is 5.97 Å². The molecule has 0 fully saturated rings. The van der Waals surface area contributed by atoms with Crippen molar-refractivity contribution in [3.05, 3.63) is 0 Å². The number of hydrogen-bond acceptors (Lipinski definition) is 4. The van der Waals surface area contributed by atoms with Crippen LogP contribution in [0.1, 0.15) is 41.0 Å². The largest absolute Gasteiger partial charge is 0.469 e. The van der Waals surface area contributed by atoms with Crippen molar-refractivity contribution in [2.45, 2.75) is 52.6 Å². The topological polar surface area (TPSA) is 67.4 Å². The molecule has 0 aromatic carbocycles. The van der Waals surface area contributed by atoms with Crippen molar-refractivity contribution in [1.82, 2.24) is 10.6 Å². The monoisotopic (exact) mass is 258 g/mol. The van der Waals surface area contributed by atoms with Gasteiger partial charge in [-0.15, -0.1) is 0 Å². The molecule has 0 heterocycles. The molecule has 2 unspecified atom stereocenters. The molecule has 1 amide bonds. The summed E-state index contributed by atoms with van der Waals surface area (Å²) in [4.78, 5) is 22.9. The summed E-state index contributed by atoms with van der Waals surface area (Å²) in [5.74, 6) is -0.456. The van der Waals surface area contributed by atoms with E-state index >= 15 is 0 Å². The number of nitrogens with one attached hydrogen (secondary N) is 2. The number of hydrogen-bond donors (Lipinski definition) is 2. The maximum Gasteiger partial charge on any atom is 0.309 e. The highest BCUT2D eigenvalue weighted by molar-refractivity contribution is 5.76. The van der Waals surface area contributed by atoms with Crippen LogP contribution in [0.4, 0.5) is 0 Å². The van der Waals surface area contributed by atoms with Crippen molar-refractivity contribution < 1.29 is 14.3 Å². The van der Waals surface area contributed by atoms with Crippen LogP contribution in [0.15, 0.2) is 0 Å². The van der Waals surface area contributed by atoms with E-state index in [4.69, 9.17) is 0 Å². The van der Waals surface area contributed by atoms with Crippen LogP contribution < -0.4 is 10.6 Å². The van der Waals surface area contributed by atoms with Crippen molar-refractivity contribution in [3.63, 3.8) is 0 Å². The minimum atomic E-state index is -0.242. The molecular formula is C13H26N2O3. The third kappa shape index (κ3) is 7.27. The lowest BCUT2D eigenvalue weighted by molar-refractivity contribution is -0.145. The Hall–Kier alpha value is -1.10. The van der Waals surface area contributed by atoms with Gasteiger partial charge in [0.2, 0.25) is 5.91 Å². The smallest absolute Gasteiger partial charge is 0.309 e. The molecule has 0 saturated carbocycles. The zero-order valence-corrected chi connectivity index (χ0v) is 12.3. The Morgan fingerprint density at radius 2 is 1.78 bits per heavy atom. The van der Waals surface area contributed by atoms with Gasteiger partial charge in [-0.25, -0.2) is 0 Å². The Bertz CT molecular complexity index is 284. The summed E-state index contributed by atoms with van der Waals surface area (Å²) in [6, 6.07) is -0.0140. The molecule has 0 aromatic heterocycles. The van der Waals surface area contributed by atoms with Gasteiger partial charge in [0.05, 0.1) is 13.0 Å². The lowest BCUT2D eigenvalue weighted by Crippen LogP contribution is -2.43. The summed E-state index contributed by atoms with van der Waals surface area (Å²) in [7, 11) is 1.38. The Morgan fingerprint density at radius 1 is 1.22 bits per heavy atom. The van der Waals surface area contributed by atoms with Gasteiger partial charge in [-0.05, 0) is 27.7 Å². The standard InChI is InChI=1S/C13H26N2O3/c1-9(12(17)18-6)10(2)14-8-7-11(16)15-13(3,4)5/h9-10,14H,7-8H2,1-6H3,(H,15,16). The van der Waals surface area contributed by atoms with Crippen molar-refractivity contribution in [1.29, 1.82) is 0 Å². The average molecular weight is 258 g/mol. The Kier molecular flexibility index (Phi) is 6.91. The molecule has 5 heteroatoms. The summed E-state index contributed by atoms with van der Waals surface area (Å²) < 4.78 is 4.67. The molecule has 2 atom stereocenters. The van der Waals surface area contributed by atoms with Crippen LogP contribution in [0.5, 0.6) is 0 Å². The summed E-state index contributed by atoms with van der Waals surface area (Å²) >= 11 is 0. The molecule has 2 N–H and O–H groups in total. The van der Waals surface area contributed by atoms with Gasteiger partial charge in [0.25, 0.3) is 0 Å². The Labute approximate surface area is 110 Å². The summed E-state index contributed by atoms with van der Waals surface area (Å²) in [6.45, 7) is 10.1. The molecule has 0 aliphatic rings. The van der Waals surface area contributed by atoms with Gasteiger partial charge in [0.1, 0.15) is 0 Å². The fourth-order valence-corrected chi connectivity index (χ4v) is 1.46.